The normalized spacial score (nSPS) is 11.4. The number of nitrogens with zero attached hydrogens (tertiary/aromatic N) is 1. The van der Waals surface area contributed by atoms with E-state index in [-0.39, 0.29) is 0 Å². The molecular formula is C16H13FN2O. The van der Waals surface area contributed by atoms with Crippen LogP contribution in [0.5, 0.6) is 0 Å². The molecule has 2 aromatic rings. The number of aryl methyl sites for hydroxylation is 1. The van der Waals surface area contributed by atoms with Gasteiger partial charge >= 0.3 is 0 Å². The van der Waals surface area contributed by atoms with E-state index < -0.39 is 17.8 Å². The zero-order valence-electron chi connectivity index (χ0n) is 10.9. The minimum absolute atomic E-state index is 0.318. The average Bonchev–Trinajstić information content (AvgIpc) is 2.46. The molecule has 100 valence electrons. The molecular weight excluding hydrogens is 255 g/mol. The molecule has 1 unspecified atom stereocenters. The van der Waals surface area contributed by atoms with Crippen LogP contribution in [0.4, 0.5) is 4.39 Å². The van der Waals surface area contributed by atoms with Crippen LogP contribution in [0.15, 0.2) is 48.5 Å². The number of carbonyl (C=O) groups excluding carboxylic acids is 1. The Kier molecular flexibility index (Phi) is 4.11. The second-order valence-electron chi connectivity index (χ2n) is 4.45. The lowest BCUT2D eigenvalue weighted by atomic mass is 10.1. The lowest BCUT2D eigenvalue weighted by Crippen LogP contribution is -2.27. The molecule has 0 bridgehead atoms. The van der Waals surface area contributed by atoms with Crippen LogP contribution in [0.3, 0.4) is 0 Å². The fourth-order valence-electron chi connectivity index (χ4n) is 1.76. The first-order valence-corrected chi connectivity index (χ1v) is 6.13. The molecule has 0 heterocycles. The van der Waals surface area contributed by atoms with Crippen molar-refractivity contribution >= 4 is 5.91 Å². The predicted molar refractivity (Wildman–Crippen MR) is 73.4 cm³/mol. The molecule has 1 amide bonds. The van der Waals surface area contributed by atoms with Crippen LogP contribution in [-0.4, -0.2) is 5.91 Å². The van der Waals surface area contributed by atoms with Gasteiger partial charge < -0.3 is 5.32 Å². The molecule has 0 fully saturated rings. The standard InChI is InChI=1S/C16H13FN2O/c1-11-2-4-12(5-3-11)15(10-18)19-16(20)13-6-8-14(17)9-7-13/h2-9,15H,1H3,(H,19,20). The maximum Gasteiger partial charge on any atom is 0.252 e. The summed E-state index contributed by atoms with van der Waals surface area (Å²) >= 11 is 0. The van der Waals surface area contributed by atoms with Gasteiger partial charge in [-0.25, -0.2) is 4.39 Å². The third-order valence-corrected chi connectivity index (χ3v) is 2.92. The van der Waals surface area contributed by atoms with Crippen LogP contribution < -0.4 is 5.32 Å². The monoisotopic (exact) mass is 268 g/mol. The summed E-state index contributed by atoms with van der Waals surface area (Å²) in [7, 11) is 0. The lowest BCUT2D eigenvalue weighted by molar-refractivity contribution is 0.0945. The quantitative estimate of drug-likeness (QED) is 0.929. The first-order valence-electron chi connectivity index (χ1n) is 6.13. The summed E-state index contributed by atoms with van der Waals surface area (Å²) in [5, 5.41) is 11.8. The average molecular weight is 268 g/mol. The van der Waals surface area contributed by atoms with E-state index in [0.717, 1.165) is 5.56 Å². The molecule has 0 saturated carbocycles. The summed E-state index contributed by atoms with van der Waals surface area (Å²) in [6.07, 6.45) is 0. The van der Waals surface area contributed by atoms with Crippen molar-refractivity contribution in [1.82, 2.24) is 5.32 Å². The Balaban J connectivity index is 2.14. The van der Waals surface area contributed by atoms with Gasteiger partial charge in [-0.05, 0) is 36.8 Å². The minimum Gasteiger partial charge on any atom is -0.333 e. The third-order valence-electron chi connectivity index (χ3n) is 2.92. The molecule has 2 aromatic carbocycles. The van der Waals surface area contributed by atoms with E-state index in [1.165, 1.54) is 24.3 Å². The highest BCUT2D eigenvalue weighted by molar-refractivity contribution is 5.94. The van der Waals surface area contributed by atoms with Gasteiger partial charge in [0.25, 0.3) is 5.91 Å². The van der Waals surface area contributed by atoms with Gasteiger partial charge in [0.1, 0.15) is 11.9 Å². The molecule has 0 aliphatic heterocycles. The largest absolute Gasteiger partial charge is 0.333 e. The molecule has 0 aliphatic carbocycles. The van der Waals surface area contributed by atoms with Crippen LogP contribution in [0, 0.1) is 24.1 Å². The van der Waals surface area contributed by atoms with Crippen molar-refractivity contribution in [2.45, 2.75) is 13.0 Å². The van der Waals surface area contributed by atoms with E-state index >= 15 is 0 Å². The number of halogens is 1. The maximum absolute atomic E-state index is 12.8. The van der Waals surface area contributed by atoms with Crippen molar-refractivity contribution in [2.75, 3.05) is 0 Å². The van der Waals surface area contributed by atoms with Gasteiger partial charge in [0.05, 0.1) is 6.07 Å². The van der Waals surface area contributed by atoms with Crippen molar-refractivity contribution < 1.29 is 9.18 Å². The highest BCUT2D eigenvalue weighted by Crippen LogP contribution is 2.14. The Labute approximate surface area is 116 Å². The number of benzene rings is 2. The van der Waals surface area contributed by atoms with E-state index in [1.54, 1.807) is 12.1 Å². The van der Waals surface area contributed by atoms with Gasteiger partial charge in [-0.3, -0.25) is 4.79 Å². The summed E-state index contributed by atoms with van der Waals surface area (Å²) in [5.41, 5.74) is 2.11. The number of hydrogen-bond donors (Lipinski definition) is 1. The summed E-state index contributed by atoms with van der Waals surface area (Å²) in [5.74, 6) is -0.811. The van der Waals surface area contributed by atoms with Crippen molar-refractivity contribution in [2.24, 2.45) is 0 Å². The zero-order chi connectivity index (χ0) is 14.5. The molecule has 20 heavy (non-hydrogen) atoms. The van der Waals surface area contributed by atoms with E-state index in [0.29, 0.717) is 11.1 Å². The van der Waals surface area contributed by atoms with Crippen molar-refractivity contribution in [3.63, 3.8) is 0 Å². The number of carbonyl (C=O) groups is 1. The Bertz CT molecular complexity index is 642. The molecule has 0 spiro atoms. The molecule has 3 nitrogen and oxygen atoms in total. The Morgan fingerprint density at radius 1 is 1.15 bits per heavy atom. The van der Waals surface area contributed by atoms with E-state index in [4.69, 9.17) is 5.26 Å². The van der Waals surface area contributed by atoms with Crippen LogP contribution in [0.2, 0.25) is 0 Å². The van der Waals surface area contributed by atoms with Crippen molar-refractivity contribution in [1.29, 1.82) is 5.26 Å². The molecule has 1 N–H and O–H groups in total. The summed E-state index contributed by atoms with van der Waals surface area (Å²) in [6.45, 7) is 1.95. The fraction of sp³-hybridized carbons (Fsp3) is 0.125. The predicted octanol–water partition coefficient (Wildman–Crippen LogP) is 3.13. The van der Waals surface area contributed by atoms with Crippen LogP contribution in [-0.2, 0) is 0 Å². The maximum atomic E-state index is 12.8. The van der Waals surface area contributed by atoms with Gasteiger partial charge in [-0.1, -0.05) is 29.8 Å². The molecule has 0 aliphatic rings. The number of hydrogen-bond acceptors (Lipinski definition) is 2. The Morgan fingerprint density at radius 2 is 1.75 bits per heavy atom. The second kappa shape index (κ2) is 5.98. The SMILES string of the molecule is Cc1ccc(C(C#N)NC(=O)c2ccc(F)cc2)cc1. The molecule has 2 rings (SSSR count). The molecule has 0 aromatic heterocycles. The summed E-state index contributed by atoms with van der Waals surface area (Å²) in [6, 6.07) is 13.9. The first kappa shape index (κ1) is 13.8. The van der Waals surface area contributed by atoms with Gasteiger partial charge in [-0.15, -0.1) is 0 Å². The van der Waals surface area contributed by atoms with E-state index in [1.807, 2.05) is 25.1 Å². The summed E-state index contributed by atoms with van der Waals surface area (Å²) in [4.78, 5) is 12.0. The number of amides is 1. The second-order valence-corrected chi connectivity index (χ2v) is 4.45. The van der Waals surface area contributed by atoms with Crippen LogP contribution in [0.25, 0.3) is 0 Å². The van der Waals surface area contributed by atoms with Gasteiger partial charge in [-0.2, -0.15) is 5.26 Å². The molecule has 0 saturated heterocycles. The zero-order valence-corrected chi connectivity index (χ0v) is 10.9. The Morgan fingerprint density at radius 3 is 2.30 bits per heavy atom. The summed E-state index contributed by atoms with van der Waals surface area (Å²) < 4.78 is 12.8. The highest BCUT2D eigenvalue weighted by atomic mass is 19.1. The fourth-order valence-corrected chi connectivity index (χ4v) is 1.76. The van der Waals surface area contributed by atoms with E-state index in [2.05, 4.69) is 5.32 Å². The number of rotatable bonds is 3. The third kappa shape index (κ3) is 3.21. The van der Waals surface area contributed by atoms with E-state index in [9.17, 15) is 9.18 Å². The minimum atomic E-state index is -0.729. The van der Waals surface area contributed by atoms with Gasteiger partial charge in [0, 0.05) is 5.56 Å². The van der Waals surface area contributed by atoms with Crippen molar-refractivity contribution in [3.05, 3.63) is 71.0 Å². The van der Waals surface area contributed by atoms with Crippen molar-refractivity contribution in [3.8, 4) is 6.07 Å². The molecule has 4 heteroatoms. The van der Waals surface area contributed by atoms with Crippen LogP contribution in [0.1, 0.15) is 27.5 Å². The highest BCUT2D eigenvalue weighted by Gasteiger charge is 2.14. The lowest BCUT2D eigenvalue weighted by Gasteiger charge is -2.12. The van der Waals surface area contributed by atoms with Gasteiger partial charge in [0.15, 0.2) is 0 Å². The first-order chi connectivity index (χ1) is 9.60. The molecule has 0 radical (unpaired) electrons. The number of nitrogens with one attached hydrogen (secondary N) is 1. The topological polar surface area (TPSA) is 52.9 Å². The van der Waals surface area contributed by atoms with Gasteiger partial charge in [0.2, 0.25) is 0 Å². The molecule has 1 atom stereocenters. The number of nitriles is 1. The smallest absolute Gasteiger partial charge is 0.252 e. The van der Waals surface area contributed by atoms with Crippen LogP contribution >= 0.6 is 0 Å². The Hall–Kier alpha value is -2.67.